The van der Waals surface area contributed by atoms with Crippen LogP contribution in [-0.2, 0) is 6.54 Å². The summed E-state index contributed by atoms with van der Waals surface area (Å²) in [6, 6.07) is 21.6. The van der Waals surface area contributed by atoms with Crippen molar-refractivity contribution in [3.8, 4) is 0 Å². The number of rotatable bonds is 6. The fraction of sp³-hybridized carbons (Fsp3) is 0.130. The summed E-state index contributed by atoms with van der Waals surface area (Å²) in [6.07, 6.45) is 0. The van der Waals surface area contributed by atoms with Gasteiger partial charge in [0.15, 0.2) is 0 Å². The number of amides is 3. The summed E-state index contributed by atoms with van der Waals surface area (Å²) in [5.41, 5.74) is 2.83. The van der Waals surface area contributed by atoms with E-state index in [-0.39, 0.29) is 30.3 Å². The Kier molecular flexibility index (Phi) is 6.58. The lowest BCUT2D eigenvalue weighted by Crippen LogP contribution is -2.36. The molecular formula is C23H22FN3O2. The van der Waals surface area contributed by atoms with Gasteiger partial charge < -0.3 is 16.0 Å². The van der Waals surface area contributed by atoms with Gasteiger partial charge in [0.1, 0.15) is 5.82 Å². The molecule has 0 heterocycles. The number of para-hydroxylation sites is 1. The van der Waals surface area contributed by atoms with E-state index in [1.807, 2.05) is 43.3 Å². The highest BCUT2D eigenvalue weighted by Gasteiger charge is 2.10. The second-order valence-corrected chi connectivity index (χ2v) is 6.62. The SMILES string of the molecule is C[C@H](NC(=O)NCc1cccc(C(=O)Nc2ccccc2)c1)c1ccc(F)cc1. The van der Waals surface area contributed by atoms with E-state index >= 15 is 0 Å². The predicted molar refractivity (Wildman–Crippen MR) is 111 cm³/mol. The van der Waals surface area contributed by atoms with Gasteiger partial charge in [-0.05, 0) is 54.4 Å². The first-order chi connectivity index (χ1) is 14.0. The molecular weight excluding hydrogens is 369 g/mol. The zero-order valence-corrected chi connectivity index (χ0v) is 16.0. The summed E-state index contributed by atoms with van der Waals surface area (Å²) in [6.45, 7) is 2.09. The van der Waals surface area contributed by atoms with Crippen LogP contribution in [0.25, 0.3) is 0 Å². The van der Waals surface area contributed by atoms with Gasteiger partial charge in [0.05, 0.1) is 6.04 Å². The average Bonchev–Trinajstić information content (AvgIpc) is 2.73. The molecule has 1 atom stereocenters. The first-order valence-electron chi connectivity index (χ1n) is 9.26. The molecule has 3 amide bonds. The predicted octanol–water partition coefficient (Wildman–Crippen LogP) is 4.64. The summed E-state index contributed by atoms with van der Waals surface area (Å²) >= 11 is 0. The molecule has 0 saturated heterocycles. The molecule has 3 aromatic rings. The molecule has 29 heavy (non-hydrogen) atoms. The largest absolute Gasteiger partial charge is 0.334 e. The summed E-state index contributed by atoms with van der Waals surface area (Å²) in [4.78, 5) is 24.5. The van der Waals surface area contributed by atoms with Gasteiger partial charge in [0.2, 0.25) is 0 Å². The molecule has 0 unspecified atom stereocenters. The van der Waals surface area contributed by atoms with Gasteiger partial charge in [-0.15, -0.1) is 0 Å². The third-order valence-electron chi connectivity index (χ3n) is 4.39. The monoisotopic (exact) mass is 391 g/mol. The summed E-state index contributed by atoms with van der Waals surface area (Å²) < 4.78 is 13.0. The van der Waals surface area contributed by atoms with Gasteiger partial charge in [0, 0.05) is 17.8 Å². The Morgan fingerprint density at radius 1 is 0.931 bits per heavy atom. The van der Waals surface area contributed by atoms with Gasteiger partial charge in [0.25, 0.3) is 5.91 Å². The van der Waals surface area contributed by atoms with E-state index in [2.05, 4.69) is 16.0 Å². The van der Waals surface area contributed by atoms with Crippen molar-refractivity contribution in [3.63, 3.8) is 0 Å². The Bertz CT molecular complexity index is 975. The highest BCUT2D eigenvalue weighted by molar-refractivity contribution is 6.04. The topological polar surface area (TPSA) is 70.2 Å². The minimum Gasteiger partial charge on any atom is -0.334 e. The Morgan fingerprint density at radius 2 is 1.66 bits per heavy atom. The highest BCUT2D eigenvalue weighted by Crippen LogP contribution is 2.13. The van der Waals surface area contributed by atoms with Gasteiger partial charge in [-0.2, -0.15) is 0 Å². The van der Waals surface area contributed by atoms with E-state index < -0.39 is 0 Å². The molecule has 0 aliphatic rings. The van der Waals surface area contributed by atoms with Crippen LogP contribution < -0.4 is 16.0 Å². The van der Waals surface area contributed by atoms with Crippen LogP contribution in [0, 0.1) is 5.82 Å². The van der Waals surface area contributed by atoms with Crippen molar-refractivity contribution >= 4 is 17.6 Å². The van der Waals surface area contributed by atoms with Gasteiger partial charge in [-0.1, -0.05) is 42.5 Å². The van der Waals surface area contributed by atoms with Crippen LogP contribution >= 0.6 is 0 Å². The minimum atomic E-state index is -0.346. The van der Waals surface area contributed by atoms with Crippen LogP contribution in [0.3, 0.4) is 0 Å². The van der Waals surface area contributed by atoms with E-state index in [4.69, 9.17) is 0 Å². The Hall–Kier alpha value is -3.67. The molecule has 0 aliphatic heterocycles. The second kappa shape index (κ2) is 9.50. The van der Waals surface area contributed by atoms with E-state index in [0.29, 0.717) is 5.56 Å². The first-order valence-corrected chi connectivity index (χ1v) is 9.26. The number of carbonyl (C=O) groups is 2. The van der Waals surface area contributed by atoms with Crippen molar-refractivity contribution < 1.29 is 14.0 Å². The van der Waals surface area contributed by atoms with E-state index in [1.54, 1.807) is 30.3 Å². The fourth-order valence-electron chi connectivity index (χ4n) is 2.81. The molecule has 0 fully saturated rings. The number of benzene rings is 3. The van der Waals surface area contributed by atoms with Gasteiger partial charge >= 0.3 is 6.03 Å². The van der Waals surface area contributed by atoms with E-state index in [9.17, 15) is 14.0 Å². The summed E-state index contributed by atoms with van der Waals surface area (Å²) in [5.74, 6) is -0.533. The molecule has 3 N–H and O–H groups in total. The van der Waals surface area contributed by atoms with Crippen molar-refractivity contribution in [2.24, 2.45) is 0 Å². The molecule has 0 aromatic heterocycles. The fourth-order valence-corrected chi connectivity index (χ4v) is 2.81. The molecule has 3 aromatic carbocycles. The maximum absolute atomic E-state index is 13.0. The lowest BCUT2D eigenvalue weighted by atomic mass is 10.1. The third-order valence-corrected chi connectivity index (χ3v) is 4.39. The maximum Gasteiger partial charge on any atom is 0.315 e. The first kappa shape index (κ1) is 20.1. The lowest BCUT2D eigenvalue weighted by molar-refractivity contribution is 0.102. The lowest BCUT2D eigenvalue weighted by Gasteiger charge is -2.15. The number of halogens is 1. The Balaban J connectivity index is 1.54. The molecule has 0 aliphatic carbocycles. The standard InChI is InChI=1S/C23H22FN3O2/c1-16(18-10-12-20(24)13-11-18)26-23(29)25-15-17-6-5-7-19(14-17)22(28)27-21-8-3-2-4-9-21/h2-14,16H,15H2,1H3,(H,27,28)(H2,25,26,29)/t16-/m0/s1. The van der Waals surface area contributed by atoms with Crippen LogP contribution in [0.1, 0.15) is 34.5 Å². The number of carbonyl (C=O) groups excluding carboxylic acids is 2. The molecule has 6 heteroatoms. The molecule has 0 saturated carbocycles. The Morgan fingerprint density at radius 3 is 2.38 bits per heavy atom. The highest BCUT2D eigenvalue weighted by atomic mass is 19.1. The normalized spacial score (nSPS) is 11.4. The number of anilines is 1. The van der Waals surface area contributed by atoms with Crippen molar-refractivity contribution in [1.29, 1.82) is 0 Å². The maximum atomic E-state index is 13.0. The van der Waals surface area contributed by atoms with Crippen molar-refractivity contribution in [2.45, 2.75) is 19.5 Å². The summed E-state index contributed by atoms with van der Waals surface area (Å²) in [7, 11) is 0. The van der Waals surface area contributed by atoms with Gasteiger partial charge in [-0.3, -0.25) is 4.79 Å². The van der Waals surface area contributed by atoms with Gasteiger partial charge in [-0.25, -0.2) is 9.18 Å². The zero-order valence-electron chi connectivity index (χ0n) is 16.0. The van der Waals surface area contributed by atoms with Crippen molar-refractivity contribution in [3.05, 3.63) is 101 Å². The molecule has 0 spiro atoms. The third kappa shape index (κ3) is 5.90. The Labute approximate surface area is 169 Å². The smallest absolute Gasteiger partial charge is 0.315 e. The van der Waals surface area contributed by atoms with Crippen molar-refractivity contribution in [1.82, 2.24) is 10.6 Å². The van der Waals surface area contributed by atoms with E-state index in [0.717, 1.165) is 16.8 Å². The van der Waals surface area contributed by atoms with Crippen LogP contribution in [-0.4, -0.2) is 11.9 Å². The summed E-state index contributed by atoms with van der Waals surface area (Å²) in [5, 5.41) is 8.41. The number of nitrogens with one attached hydrogen (secondary N) is 3. The quantitative estimate of drug-likeness (QED) is 0.573. The number of hydrogen-bond donors (Lipinski definition) is 3. The van der Waals surface area contributed by atoms with Crippen LogP contribution in [0.2, 0.25) is 0 Å². The number of urea groups is 1. The van der Waals surface area contributed by atoms with Crippen LogP contribution in [0.15, 0.2) is 78.9 Å². The zero-order chi connectivity index (χ0) is 20.6. The van der Waals surface area contributed by atoms with Crippen molar-refractivity contribution in [2.75, 3.05) is 5.32 Å². The second-order valence-electron chi connectivity index (χ2n) is 6.62. The average molecular weight is 391 g/mol. The van der Waals surface area contributed by atoms with Crippen LogP contribution in [0.4, 0.5) is 14.9 Å². The minimum absolute atomic E-state index is 0.215. The molecule has 3 rings (SSSR count). The van der Waals surface area contributed by atoms with Crippen LogP contribution in [0.5, 0.6) is 0 Å². The molecule has 0 radical (unpaired) electrons. The number of hydrogen-bond acceptors (Lipinski definition) is 2. The van der Waals surface area contributed by atoms with E-state index in [1.165, 1.54) is 12.1 Å². The molecule has 148 valence electrons. The molecule has 0 bridgehead atoms. The molecule has 5 nitrogen and oxygen atoms in total.